The van der Waals surface area contributed by atoms with Crippen LogP contribution in [0.5, 0.6) is 0 Å². The Bertz CT molecular complexity index is 745. The predicted octanol–water partition coefficient (Wildman–Crippen LogP) is 1.83. The topological polar surface area (TPSA) is 72.4 Å². The Morgan fingerprint density at radius 3 is 3.00 bits per heavy atom. The van der Waals surface area contributed by atoms with E-state index in [1.54, 1.807) is 6.07 Å². The average Bonchev–Trinajstić information content (AvgIpc) is 2.65. The van der Waals surface area contributed by atoms with Crippen LogP contribution in [0.3, 0.4) is 0 Å². The van der Waals surface area contributed by atoms with Gasteiger partial charge in [0.05, 0.1) is 5.52 Å². The Balaban J connectivity index is 2.53. The molecule has 16 heavy (non-hydrogen) atoms. The molecular weight excluding hydrogens is 202 g/mol. The molecule has 1 aliphatic heterocycles. The van der Waals surface area contributed by atoms with E-state index in [0.29, 0.717) is 0 Å². The van der Waals surface area contributed by atoms with Crippen molar-refractivity contribution in [2.75, 3.05) is 0 Å². The van der Waals surface area contributed by atoms with E-state index in [1.807, 2.05) is 30.5 Å². The highest BCUT2D eigenvalue weighted by atomic mass is 16.1. The number of nitrogens with one attached hydrogen (secondary N) is 2. The summed E-state index contributed by atoms with van der Waals surface area (Å²) >= 11 is 0. The van der Waals surface area contributed by atoms with E-state index in [0.717, 1.165) is 22.2 Å². The van der Waals surface area contributed by atoms with Crippen LogP contribution < -0.4 is 5.56 Å². The number of nitrogens with zero attached hydrogens (tertiary/aromatic N) is 1. The first-order valence-corrected chi connectivity index (χ1v) is 4.83. The minimum atomic E-state index is -0.342. The van der Waals surface area contributed by atoms with Gasteiger partial charge < -0.3 is 9.97 Å². The van der Waals surface area contributed by atoms with E-state index in [-0.39, 0.29) is 11.1 Å². The van der Waals surface area contributed by atoms with Crippen LogP contribution in [0.2, 0.25) is 0 Å². The molecule has 4 nitrogen and oxygen atoms in total. The van der Waals surface area contributed by atoms with Crippen molar-refractivity contribution in [1.82, 2.24) is 9.97 Å². The van der Waals surface area contributed by atoms with Gasteiger partial charge in [-0.15, -0.1) is 0 Å². The van der Waals surface area contributed by atoms with Gasteiger partial charge in [-0.05, 0) is 18.2 Å². The Hall–Kier alpha value is -2.54. The first-order chi connectivity index (χ1) is 7.79. The molecule has 0 radical (unpaired) electrons. The molecule has 0 fully saturated rings. The summed E-state index contributed by atoms with van der Waals surface area (Å²) in [6.07, 6.45) is 1.82. The van der Waals surface area contributed by atoms with Crippen LogP contribution in [0.15, 0.2) is 35.3 Å². The molecule has 1 aromatic heterocycles. The van der Waals surface area contributed by atoms with Crippen LogP contribution in [-0.2, 0) is 0 Å². The molecular formula is C12H7N3O. The third-order valence-electron chi connectivity index (χ3n) is 2.66. The minimum Gasteiger partial charge on any atom is -0.361 e. The fourth-order valence-corrected chi connectivity index (χ4v) is 1.91. The molecule has 2 N–H and O–H groups in total. The van der Waals surface area contributed by atoms with Crippen LogP contribution >= 0.6 is 0 Å². The number of pyridine rings is 2. The number of aromatic amines is 2. The van der Waals surface area contributed by atoms with E-state index in [4.69, 9.17) is 5.26 Å². The highest BCUT2D eigenvalue weighted by Crippen LogP contribution is 2.30. The molecule has 2 aliphatic rings. The molecule has 1 aliphatic carbocycles. The first kappa shape index (κ1) is 8.74. The minimum absolute atomic E-state index is 0.142. The first-order valence-electron chi connectivity index (χ1n) is 4.83. The predicted molar refractivity (Wildman–Crippen MR) is 60.3 cm³/mol. The summed E-state index contributed by atoms with van der Waals surface area (Å²) in [7, 11) is 0. The number of fused-ring (bicyclic) bond motifs is 3. The summed E-state index contributed by atoms with van der Waals surface area (Å²) < 4.78 is 0. The number of rotatable bonds is 0. The molecule has 0 saturated heterocycles. The second-order valence-corrected chi connectivity index (χ2v) is 3.59. The van der Waals surface area contributed by atoms with Crippen molar-refractivity contribution in [3.63, 3.8) is 0 Å². The maximum atomic E-state index is 11.5. The molecule has 2 heterocycles. The standard InChI is InChI=1S/C12H7N3O/c13-6-7-4-9-8-2-1-3-14-10(8)5-11(9)15-12(7)16/h1-5,14H,(H,15,16). The molecule has 0 aromatic carbocycles. The van der Waals surface area contributed by atoms with Gasteiger partial charge in [0, 0.05) is 22.8 Å². The Morgan fingerprint density at radius 2 is 2.19 bits per heavy atom. The highest BCUT2D eigenvalue weighted by Gasteiger charge is 2.11. The lowest BCUT2D eigenvalue weighted by molar-refractivity contribution is 1.28. The maximum absolute atomic E-state index is 11.5. The molecule has 0 spiro atoms. The van der Waals surface area contributed by atoms with Gasteiger partial charge in [0.2, 0.25) is 0 Å². The van der Waals surface area contributed by atoms with Gasteiger partial charge in [-0.1, -0.05) is 6.07 Å². The molecule has 3 rings (SSSR count). The average molecular weight is 209 g/mol. The largest absolute Gasteiger partial charge is 0.361 e. The van der Waals surface area contributed by atoms with Crippen molar-refractivity contribution in [1.29, 1.82) is 5.26 Å². The van der Waals surface area contributed by atoms with Gasteiger partial charge in [0.1, 0.15) is 11.6 Å². The third kappa shape index (κ3) is 1.06. The summed E-state index contributed by atoms with van der Waals surface area (Å²) in [5.74, 6) is 0. The van der Waals surface area contributed by atoms with Crippen molar-refractivity contribution in [2.45, 2.75) is 0 Å². The van der Waals surface area contributed by atoms with Crippen molar-refractivity contribution in [3.05, 3.63) is 46.4 Å². The van der Waals surface area contributed by atoms with E-state index in [9.17, 15) is 4.79 Å². The normalized spacial score (nSPS) is 10.7. The van der Waals surface area contributed by atoms with E-state index in [1.165, 1.54) is 0 Å². The van der Waals surface area contributed by atoms with Gasteiger partial charge in [-0.2, -0.15) is 5.26 Å². The molecule has 0 saturated carbocycles. The quantitative estimate of drug-likeness (QED) is 0.592. The molecule has 1 aromatic rings. The van der Waals surface area contributed by atoms with Gasteiger partial charge in [0.25, 0.3) is 5.56 Å². The lowest BCUT2D eigenvalue weighted by Crippen LogP contribution is -2.08. The van der Waals surface area contributed by atoms with Gasteiger partial charge in [0.15, 0.2) is 0 Å². The number of hydrogen-bond donors (Lipinski definition) is 2. The monoisotopic (exact) mass is 209 g/mol. The summed E-state index contributed by atoms with van der Waals surface area (Å²) in [5.41, 5.74) is 2.50. The Morgan fingerprint density at radius 1 is 1.31 bits per heavy atom. The molecule has 0 amide bonds. The lowest BCUT2D eigenvalue weighted by atomic mass is 10.1. The number of H-pyrrole nitrogens is 2. The zero-order valence-electron chi connectivity index (χ0n) is 8.24. The summed E-state index contributed by atoms with van der Waals surface area (Å²) in [5, 5.41) is 9.70. The third-order valence-corrected chi connectivity index (χ3v) is 2.66. The summed E-state index contributed by atoms with van der Waals surface area (Å²) in [4.78, 5) is 17.2. The number of hydrogen-bond acceptors (Lipinski definition) is 2. The van der Waals surface area contributed by atoms with Crippen molar-refractivity contribution >= 4 is 10.9 Å². The number of aromatic nitrogens is 2. The second kappa shape index (κ2) is 2.97. The SMILES string of the molecule is N#Cc1cc2c3ccc[nH]c-3cc2[nH]c1=O. The fourth-order valence-electron chi connectivity index (χ4n) is 1.91. The Labute approximate surface area is 90.5 Å². The van der Waals surface area contributed by atoms with Crippen LogP contribution in [0.4, 0.5) is 0 Å². The van der Waals surface area contributed by atoms with Crippen LogP contribution in [-0.4, -0.2) is 9.97 Å². The van der Waals surface area contributed by atoms with Gasteiger partial charge in [-0.3, -0.25) is 4.79 Å². The second-order valence-electron chi connectivity index (χ2n) is 3.59. The van der Waals surface area contributed by atoms with Crippen molar-refractivity contribution in [2.24, 2.45) is 0 Å². The zero-order chi connectivity index (χ0) is 11.1. The highest BCUT2D eigenvalue weighted by molar-refractivity contribution is 5.99. The molecule has 0 bridgehead atoms. The summed E-state index contributed by atoms with van der Waals surface area (Å²) in [6.45, 7) is 0. The summed E-state index contributed by atoms with van der Waals surface area (Å²) in [6, 6.07) is 9.23. The lowest BCUT2D eigenvalue weighted by Gasteiger charge is -1.97. The van der Waals surface area contributed by atoms with Crippen molar-refractivity contribution < 1.29 is 0 Å². The maximum Gasteiger partial charge on any atom is 0.266 e. The molecule has 0 unspecified atom stereocenters. The molecule has 4 heteroatoms. The smallest absolute Gasteiger partial charge is 0.266 e. The fraction of sp³-hybridized carbons (Fsp3) is 0. The Kier molecular flexibility index (Phi) is 1.62. The molecule has 76 valence electrons. The van der Waals surface area contributed by atoms with Crippen LogP contribution in [0.25, 0.3) is 22.2 Å². The van der Waals surface area contributed by atoms with Crippen molar-refractivity contribution in [3.8, 4) is 17.3 Å². The van der Waals surface area contributed by atoms with Crippen LogP contribution in [0, 0.1) is 11.3 Å². The molecule has 0 atom stereocenters. The van der Waals surface area contributed by atoms with E-state index < -0.39 is 0 Å². The number of nitriles is 1. The van der Waals surface area contributed by atoms with Gasteiger partial charge >= 0.3 is 0 Å². The van der Waals surface area contributed by atoms with E-state index >= 15 is 0 Å². The van der Waals surface area contributed by atoms with Gasteiger partial charge in [-0.25, -0.2) is 0 Å². The van der Waals surface area contributed by atoms with E-state index in [2.05, 4.69) is 9.97 Å². The van der Waals surface area contributed by atoms with Crippen LogP contribution in [0.1, 0.15) is 5.56 Å². The zero-order valence-corrected chi connectivity index (χ0v) is 8.24.